The Balaban J connectivity index is 1.46. The second-order valence-corrected chi connectivity index (χ2v) is 10.9. The molecule has 9 rings (SSSR count). The molecule has 2 heterocycles. The summed E-state index contributed by atoms with van der Waals surface area (Å²) in [6.45, 7) is 0. The van der Waals surface area contributed by atoms with Crippen molar-refractivity contribution in [2.45, 2.75) is 0 Å². The number of rotatable bonds is 4. The number of nitrogens with zero attached hydrogens (tertiary/aromatic N) is 1. The van der Waals surface area contributed by atoms with E-state index in [0.717, 1.165) is 72.1 Å². The molecule has 202 valence electrons. The molecule has 0 saturated carbocycles. The third-order valence-electron chi connectivity index (χ3n) is 8.44. The maximum Gasteiger partial charge on any atom is 0.160 e. The zero-order valence-corrected chi connectivity index (χ0v) is 23.2. The quantitative estimate of drug-likeness (QED) is 0.218. The van der Waals surface area contributed by atoms with Gasteiger partial charge in [0.2, 0.25) is 0 Å². The molecule has 0 unspecified atom stereocenters. The maximum atomic E-state index is 6.77. The van der Waals surface area contributed by atoms with Crippen molar-refractivity contribution < 1.29 is 8.83 Å². The molecule has 0 aliphatic rings. The molecule has 9 aromatic rings. The van der Waals surface area contributed by atoms with Gasteiger partial charge in [-0.3, -0.25) is 0 Å². The molecule has 0 aliphatic carbocycles. The summed E-state index contributed by atoms with van der Waals surface area (Å²) in [6.07, 6.45) is 0. The second-order valence-electron chi connectivity index (χ2n) is 10.9. The number of benzene rings is 7. The fraction of sp³-hybridized carbons (Fsp3) is 0. The van der Waals surface area contributed by atoms with E-state index in [1.54, 1.807) is 0 Å². The van der Waals surface area contributed by atoms with Crippen molar-refractivity contribution in [3.8, 4) is 11.1 Å². The molecule has 3 heteroatoms. The zero-order chi connectivity index (χ0) is 28.3. The van der Waals surface area contributed by atoms with Crippen molar-refractivity contribution in [2.75, 3.05) is 4.90 Å². The lowest BCUT2D eigenvalue weighted by atomic mass is 9.98. The lowest BCUT2D eigenvalue weighted by Gasteiger charge is -2.29. The van der Waals surface area contributed by atoms with Crippen LogP contribution in [0.3, 0.4) is 0 Å². The third kappa shape index (κ3) is 3.68. The summed E-state index contributed by atoms with van der Waals surface area (Å²) >= 11 is 0. The number of fused-ring (bicyclic) bond motifs is 7. The minimum Gasteiger partial charge on any atom is -0.456 e. The van der Waals surface area contributed by atoms with Crippen LogP contribution in [0, 0.1) is 0 Å². The first-order chi connectivity index (χ1) is 21.3. The van der Waals surface area contributed by atoms with Crippen LogP contribution in [0.4, 0.5) is 17.1 Å². The van der Waals surface area contributed by atoms with Crippen molar-refractivity contribution in [1.82, 2.24) is 0 Å². The highest BCUT2D eigenvalue weighted by molar-refractivity contribution is 6.18. The summed E-state index contributed by atoms with van der Waals surface area (Å²) in [5.41, 5.74) is 8.71. The molecule has 0 spiro atoms. The largest absolute Gasteiger partial charge is 0.456 e. The lowest BCUT2D eigenvalue weighted by Crippen LogP contribution is -2.12. The Bertz CT molecular complexity index is 2470. The Morgan fingerprint density at radius 1 is 0.442 bits per heavy atom. The Labute approximate surface area is 247 Å². The van der Waals surface area contributed by atoms with Crippen LogP contribution in [0.15, 0.2) is 160 Å². The van der Waals surface area contributed by atoms with E-state index in [4.69, 9.17) is 8.83 Å². The Hall–Kier alpha value is -5.80. The van der Waals surface area contributed by atoms with E-state index in [0.29, 0.717) is 0 Å². The van der Waals surface area contributed by atoms with E-state index in [1.807, 2.05) is 24.3 Å². The molecule has 0 aliphatic heterocycles. The maximum absolute atomic E-state index is 6.77. The Morgan fingerprint density at radius 2 is 1.14 bits per heavy atom. The van der Waals surface area contributed by atoms with E-state index in [1.165, 1.54) is 10.8 Å². The second kappa shape index (κ2) is 9.37. The summed E-state index contributed by atoms with van der Waals surface area (Å²) in [6, 6.07) is 53.1. The van der Waals surface area contributed by atoms with Gasteiger partial charge in [-0.25, -0.2) is 0 Å². The number of furan rings is 2. The van der Waals surface area contributed by atoms with Gasteiger partial charge in [-0.15, -0.1) is 0 Å². The van der Waals surface area contributed by atoms with Crippen molar-refractivity contribution in [3.63, 3.8) is 0 Å². The standard InChI is InChI=1S/C40H25NO2/c1-2-12-27(13-3-1)30-23-24-32-31-15-6-8-18-35(31)43-40(32)39(30)41(29-22-21-26-11-4-5-14-28(26)25-29)34-17-10-20-37-38(34)33-16-7-9-19-36(33)42-37/h1-25H. The summed E-state index contributed by atoms with van der Waals surface area (Å²) < 4.78 is 13.2. The van der Waals surface area contributed by atoms with Crippen molar-refractivity contribution in [3.05, 3.63) is 152 Å². The zero-order valence-electron chi connectivity index (χ0n) is 23.2. The molecule has 0 radical (unpaired) electrons. The van der Waals surface area contributed by atoms with Gasteiger partial charge < -0.3 is 13.7 Å². The topological polar surface area (TPSA) is 29.5 Å². The van der Waals surface area contributed by atoms with Gasteiger partial charge in [0.1, 0.15) is 16.7 Å². The SMILES string of the molecule is c1ccc(-c2ccc3c(oc4ccccc43)c2N(c2ccc3ccccc3c2)c2cccc3oc4ccccc4c23)cc1. The normalized spacial score (nSPS) is 11.7. The van der Waals surface area contributed by atoms with Crippen LogP contribution in [0.1, 0.15) is 0 Å². The number of hydrogen-bond acceptors (Lipinski definition) is 3. The average molecular weight is 552 g/mol. The fourth-order valence-corrected chi connectivity index (χ4v) is 6.49. The lowest BCUT2D eigenvalue weighted by molar-refractivity contribution is 0.668. The van der Waals surface area contributed by atoms with Gasteiger partial charge in [0.05, 0.1) is 16.8 Å². The molecule has 0 bridgehead atoms. The fourth-order valence-electron chi connectivity index (χ4n) is 6.49. The van der Waals surface area contributed by atoms with Crippen LogP contribution in [-0.2, 0) is 0 Å². The number of hydrogen-bond donors (Lipinski definition) is 0. The van der Waals surface area contributed by atoms with Crippen molar-refractivity contribution >= 4 is 71.7 Å². The summed E-state index contributed by atoms with van der Waals surface area (Å²) in [7, 11) is 0. The molecule has 0 atom stereocenters. The van der Waals surface area contributed by atoms with E-state index in [-0.39, 0.29) is 0 Å². The van der Waals surface area contributed by atoms with Crippen LogP contribution in [0.25, 0.3) is 65.8 Å². The molecule has 7 aromatic carbocycles. The minimum atomic E-state index is 0.848. The van der Waals surface area contributed by atoms with Gasteiger partial charge in [0.15, 0.2) is 5.58 Å². The number of para-hydroxylation sites is 2. The van der Waals surface area contributed by atoms with Crippen LogP contribution in [0.2, 0.25) is 0 Å². The molecule has 3 nitrogen and oxygen atoms in total. The van der Waals surface area contributed by atoms with Gasteiger partial charge in [-0.1, -0.05) is 109 Å². The first-order valence-corrected chi connectivity index (χ1v) is 14.5. The predicted octanol–water partition coefficient (Wildman–Crippen LogP) is 11.8. The molecule has 2 aromatic heterocycles. The molecule has 0 N–H and O–H groups in total. The summed E-state index contributed by atoms with van der Waals surface area (Å²) in [5, 5.41) is 6.70. The van der Waals surface area contributed by atoms with Gasteiger partial charge in [0.25, 0.3) is 0 Å². The van der Waals surface area contributed by atoms with Crippen molar-refractivity contribution in [1.29, 1.82) is 0 Å². The van der Waals surface area contributed by atoms with Gasteiger partial charge in [0, 0.05) is 27.4 Å². The average Bonchev–Trinajstić information content (AvgIpc) is 3.64. The monoisotopic (exact) mass is 551 g/mol. The highest BCUT2D eigenvalue weighted by Crippen LogP contribution is 2.50. The van der Waals surface area contributed by atoms with Gasteiger partial charge in [-0.05, 0) is 58.8 Å². The smallest absolute Gasteiger partial charge is 0.160 e. The molecule has 43 heavy (non-hydrogen) atoms. The van der Waals surface area contributed by atoms with E-state index >= 15 is 0 Å². The van der Waals surface area contributed by atoms with Crippen LogP contribution in [-0.4, -0.2) is 0 Å². The highest BCUT2D eigenvalue weighted by atomic mass is 16.3. The molecule has 0 saturated heterocycles. The Morgan fingerprint density at radius 3 is 2.00 bits per heavy atom. The third-order valence-corrected chi connectivity index (χ3v) is 8.44. The minimum absolute atomic E-state index is 0.848. The molecule has 0 fully saturated rings. The highest BCUT2D eigenvalue weighted by Gasteiger charge is 2.26. The number of anilines is 3. The molecule has 0 amide bonds. The van der Waals surface area contributed by atoms with E-state index in [2.05, 4.69) is 132 Å². The predicted molar refractivity (Wildman–Crippen MR) is 179 cm³/mol. The van der Waals surface area contributed by atoms with Crippen LogP contribution in [0.5, 0.6) is 0 Å². The van der Waals surface area contributed by atoms with Gasteiger partial charge in [-0.2, -0.15) is 0 Å². The molecular weight excluding hydrogens is 526 g/mol. The first kappa shape index (κ1) is 23.9. The summed E-state index contributed by atoms with van der Waals surface area (Å²) in [5.74, 6) is 0. The summed E-state index contributed by atoms with van der Waals surface area (Å²) in [4.78, 5) is 2.36. The van der Waals surface area contributed by atoms with E-state index in [9.17, 15) is 0 Å². The van der Waals surface area contributed by atoms with Crippen LogP contribution < -0.4 is 4.90 Å². The first-order valence-electron chi connectivity index (χ1n) is 14.5. The van der Waals surface area contributed by atoms with E-state index < -0.39 is 0 Å². The Kier molecular flexibility index (Phi) is 5.20. The van der Waals surface area contributed by atoms with Crippen molar-refractivity contribution in [2.24, 2.45) is 0 Å². The van der Waals surface area contributed by atoms with Crippen LogP contribution >= 0.6 is 0 Å². The molecular formula is C40H25NO2. The van der Waals surface area contributed by atoms with Gasteiger partial charge >= 0.3 is 0 Å².